The molecule has 0 bridgehead atoms. The third-order valence-corrected chi connectivity index (χ3v) is 3.35. The summed E-state index contributed by atoms with van der Waals surface area (Å²) in [5, 5.41) is 3.31. The molecule has 3 nitrogen and oxygen atoms in total. The fourth-order valence-corrected chi connectivity index (χ4v) is 2.20. The summed E-state index contributed by atoms with van der Waals surface area (Å²) in [6.07, 6.45) is 4.65. The Labute approximate surface area is 114 Å². The van der Waals surface area contributed by atoms with Crippen molar-refractivity contribution in [2.24, 2.45) is 0 Å². The molecule has 1 unspecified atom stereocenters. The van der Waals surface area contributed by atoms with Crippen LogP contribution in [0, 0.1) is 0 Å². The van der Waals surface area contributed by atoms with Crippen molar-refractivity contribution in [2.45, 2.75) is 19.4 Å². The molecular weight excluding hydrogens is 236 g/mol. The Bertz CT molecular complexity index is 519. The summed E-state index contributed by atoms with van der Waals surface area (Å²) in [5.74, 6) is 0.781. The van der Waals surface area contributed by atoms with Gasteiger partial charge in [0.25, 0.3) is 0 Å². The minimum absolute atomic E-state index is 0.414. The van der Waals surface area contributed by atoms with Gasteiger partial charge in [0.1, 0.15) is 5.75 Å². The van der Waals surface area contributed by atoms with Gasteiger partial charge in [0.15, 0.2) is 0 Å². The Hall–Kier alpha value is -1.87. The van der Waals surface area contributed by atoms with E-state index in [2.05, 4.69) is 41.5 Å². The molecule has 0 amide bonds. The number of ether oxygens (including phenoxy) is 1. The van der Waals surface area contributed by atoms with Gasteiger partial charge in [-0.2, -0.15) is 0 Å². The first-order valence-corrected chi connectivity index (χ1v) is 6.55. The van der Waals surface area contributed by atoms with Crippen LogP contribution in [0.5, 0.6) is 5.75 Å². The van der Waals surface area contributed by atoms with Gasteiger partial charge < -0.3 is 10.1 Å². The van der Waals surface area contributed by atoms with Gasteiger partial charge >= 0.3 is 0 Å². The highest BCUT2D eigenvalue weighted by atomic mass is 16.5. The maximum absolute atomic E-state index is 5.20. The van der Waals surface area contributed by atoms with E-state index in [4.69, 9.17) is 4.74 Å². The number of nitrogens with zero attached hydrogens (tertiary/aromatic N) is 1. The molecule has 0 saturated carbocycles. The Kier molecular flexibility index (Phi) is 4.53. The molecule has 1 heterocycles. The maximum Gasteiger partial charge on any atom is 0.137 e. The van der Waals surface area contributed by atoms with Gasteiger partial charge in [-0.3, -0.25) is 4.98 Å². The third kappa shape index (κ3) is 3.12. The quantitative estimate of drug-likeness (QED) is 0.890. The molecule has 1 atom stereocenters. The van der Waals surface area contributed by atoms with Gasteiger partial charge in [-0.05, 0) is 30.7 Å². The van der Waals surface area contributed by atoms with Crippen LogP contribution < -0.4 is 10.1 Å². The smallest absolute Gasteiger partial charge is 0.137 e. The van der Waals surface area contributed by atoms with Gasteiger partial charge in [0.05, 0.1) is 13.3 Å². The van der Waals surface area contributed by atoms with Crippen LogP contribution in [0.3, 0.4) is 0 Å². The molecule has 0 fully saturated rings. The predicted molar refractivity (Wildman–Crippen MR) is 78.3 cm³/mol. The van der Waals surface area contributed by atoms with Crippen LogP contribution in [0.4, 0.5) is 0 Å². The molecule has 0 radical (unpaired) electrons. The van der Waals surface area contributed by atoms with Gasteiger partial charge in [-0.1, -0.05) is 31.2 Å². The average Bonchev–Trinajstić information content (AvgIpc) is 2.49. The van der Waals surface area contributed by atoms with E-state index in [1.807, 2.05) is 19.3 Å². The molecule has 0 spiro atoms. The van der Waals surface area contributed by atoms with Crippen molar-refractivity contribution in [3.8, 4) is 16.9 Å². The molecule has 19 heavy (non-hydrogen) atoms. The number of hydrogen-bond acceptors (Lipinski definition) is 3. The van der Waals surface area contributed by atoms with Gasteiger partial charge in [0, 0.05) is 17.8 Å². The molecular formula is C16H20N2O. The van der Waals surface area contributed by atoms with Crippen molar-refractivity contribution in [1.82, 2.24) is 10.3 Å². The number of hydrogen-bond donors (Lipinski definition) is 1. The van der Waals surface area contributed by atoms with Gasteiger partial charge in [-0.25, -0.2) is 0 Å². The van der Waals surface area contributed by atoms with Crippen LogP contribution >= 0.6 is 0 Å². The summed E-state index contributed by atoms with van der Waals surface area (Å²) in [6.45, 7) is 2.18. The molecule has 0 aliphatic heterocycles. The second-order valence-electron chi connectivity index (χ2n) is 4.48. The number of aromatic nitrogens is 1. The Morgan fingerprint density at radius 3 is 2.47 bits per heavy atom. The molecule has 3 heteroatoms. The van der Waals surface area contributed by atoms with Gasteiger partial charge in [0.2, 0.25) is 0 Å². The molecule has 1 aromatic carbocycles. The van der Waals surface area contributed by atoms with Crippen molar-refractivity contribution in [2.75, 3.05) is 14.2 Å². The van der Waals surface area contributed by atoms with E-state index in [-0.39, 0.29) is 0 Å². The zero-order valence-corrected chi connectivity index (χ0v) is 11.7. The number of benzene rings is 1. The van der Waals surface area contributed by atoms with E-state index < -0.39 is 0 Å². The standard InChI is InChI=1S/C16H20N2O/c1-4-16(17-2)13-7-5-12(6-8-13)14-9-15(19-3)11-18-10-14/h5-11,16-17H,4H2,1-3H3. The lowest BCUT2D eigenvalue weighted by Gasteiger charge is -2.14. The SMILES string of the molecule is CCC(NC)c1ccc(-c2cncc(OC)c2)cc1. The van der Waals surface area contributed by atoms with Crippen LogP contribution in [-0.4, -0.2) is 19.1 Å². The Morgan fingerprint density at radius 1 is 1.16 bits per heavy atom. The van der Waals surface area contributed by atoms with E-state index in [1.54, 1.807) is 13.3 Å². The minimum Gasteiger partial charge on any atom is -0.495 e. The summed E-state index contributed by atoms with van der Waals surface area (Å²) >= 11 is 0. The molecule has 0 aliphatic carbocycles. The molecule has 1 aromatic heterocycles. The van der Waals surface area contributed by atoms with Crippen LogP contribution in [-0.2, 0) is 0 Å². The molecule has 2 aromatic rings. The summed E-state index contributed by atoms with van der Waals surface area (Å²) in [4.78, 5) is 4.18. The summed E-state index contributed by atoms with van der Waals surface area (Å²) in [5.41, 5.74) is 3.54. The average molecular weight is 256 g/mol. The first-order chi connectivity index (χ1) is 9.28. The largest absolute Gasteiger partial charge is 0.495 e. The van der Waals surface area contributed by atoms with Crippen molar-refractivity contribution < 1.29 is 4.74 Å². The lowest BCUT2D eigenvalue weighted by Crippen LogP contribution is -2.14. The van der Waals surface area contributed by atoms with Crippen molar-refractivity contribution in [1.29, 1.82) is 0 Å². The molecule has 0 aliphatic rings. The first-order valence-electron chi connectivity index (χ1n) is 6.55. The summed E-state index contributed by atoms with van der Waals surface area (Å²) in [6, 6.07) is 11.0. The molecule has 1 N–H and O–H groups in total. The number of rotatable bonds is 5. The predicted octanol–water partition coefficient (Wildman–Crippen LogP) is 3.43. The van der Waals surface area contributed by atoms with E-state index >= 15 is 0 Å². The van der Waals surface area contributed by atoms with E-state index in [0.717, 1.165) is 23.3 Å². The van der Waals surface area contributed by atoms with Crippen LogP contribution in [0.25, 0.3) is 11.1 Å². The number of pyridine rings is 1. The van der Waals surface area contributed by atoms with Crippen molar-refractivity contribution in [3.05, 3.63) is 48.3 Å². The van der Waals surface area contributed by atoms with E-state index in [0.29, 0.717) is 6.04 Å². The Balaban J connectivity index is 2.26. The van der Waals surface area contributed by atoms with Crippen LogP contribution in [0.2, 0.25) is 0 Å². The van der Waals surface area contributed by atoms with Crippen molar-refractivity contribution >= 4 is 0 Å². The third-order valence-electron chi connectivity index (χ3n) is 3.35. The first kappa shape index (κ1) is 13.6. The zero-order valence-electron chi connectivity index (χ0n) is 11.7. The second kappa shape index (κ2) is 6.34. The monoisotopic (exact) mass is 256 g/mol. The number of nitrogens with one attached hydrogen (secondary N) is 1. The van der Waals surface area contributed by atoms with Crippen molar-refractivity contribution in [3.63, 3.8) is 0 Å². The highest BCUT2D eigenvalue weighted by Crippen LogP contribution is 2.25. The number of methoxy groups -OCH3 is 1. The second-order valence-corrected chi connectivity index (χ2v) is 4.48. The van der Waals surface area contributed by atoms with E-state index in [9.17, 15) is 0 Å². The zero-order chi connectivity index (χ0) is 13.7. The topological polar surface area (TPSA) is 34.2 Å². The highest BCUT2D eigenvalue weighted by Gasteiger charge is 2.06. The van der Waals surface area contributed by atoms with Gasteiger partial charge in [-0.15, -0.1) is 0 Å². The molecule has 0 saturated heterocycles. The van der Waals surface area contributed by atoms with Crippen LogP contribution in [0.1, 0.15) is 24.9 Å². The fourth-order valence-electron chi connectivity index (χ4n) is 2.20. The summed E-state index contributed by atoms with van der Waals surface area (Å²) in [7, 11) is 3.65. The normalized spacial score (nSPS) is 12.2. The van der Waals surface area contributed by atoms with E-state index in [1.165, 1.54) is 5.56 Å². The molecule has 2 rings (SSSR count). The Morgan fingerprint density at radius 2 is 1.89 bits per heavy atom. The minimum atomic E-state index is 0.414. The highest BCUT2D eigenvalue weighted by molar-refractivity contribution is 5.64. The fraction of sp³-hybridized carbons (Fsp3) is 0.312. The maximum atomic E-state index is 5.20. The summed E-state index contributed by atoms with van der Waals surface area (Å²) < 4.78 is 5.20. The lowest BCUT2D eigenvalue weighted by molar-refractivity contribution is 0.413. The van der Waals surface area contributed by atoms with Crippen LogP contribution in [0.15, 0.2) is 42.7 Å². The molecule has 100 valence electrons. The lowest BCUT2D eigenvalue weighted by atomic mass is 10.0.